The van der Waals surface area contributed by atoms with Gasteiger partial charge in [-0.05, 0) is 119 Å². The summed E-state index contributed by atoms with van der Waals surface area (Å²) in [5.74, 6) is -3.50. The molecule has 0 spiro atoms. The number of rotatable bonds is 9. The Hall–Kier alpha value is 1.82. The molecule has 0 amide bonds. The third-order valence-corrected chi connectivity index (χ3v) is 17.6. The quantitative estimate of drug-likeness (QED) is 0.332. The predicted octanol–water partition coefficient (Wildman–Crippen LogP) is 5.09. The summed E-state index contributed by atoms with van der Waals surface area (Å²) in [7, 11) is 0. The summed E-state index contributed by atoms with van der Waals surface area (Å²) >= 11 is -1.74. The minimum absolute atomic E-state index is 0.151. The van der Waals surface area contributed by atoms with E-state index >= 15 is 0 Å². The fourth-order valence-electron chi connectivity index (χ4n) is 0.979. The average molecular weight is 485 g/mol. The molecule has 11 heteroatoms. The molecular weight excluding hydrogens is 451 g/mol. The molecule has 0 radical (unpaired) electrons. The molecule has 0 aliphatic carbocycles. The lowest BCUT2D eigenvalue weighted by Gasteiger charge is -2.28. The second-order valence-corrected chi connectivity index (χ2v) is 23.2. The van der Waals surface area contributed by atoms with Gasteiger partial charge < -0.3 is 13.7 Å². The molecular formula is C15H33O5PS5. The van der Waals surface area contributed by atoms with Crippen molar-refractivity contribution in [1.29, 1.82) is 0 Å². The molecule has 0 saturated carbocycles. The molecule has 0 aromatic rings. The van der Waals surface area contributed by atoms with E-state index in [0.29, 0.717) is 0 Å². The molecule has 26 heavy (non-hydrogen) atoms. The van der Waals surface area contributed by atoms with Crippen LogP contribution in [-0.4, -0.2) is 44.0 Å². The number of hydrogen-bond acceptors (Lipinski definition) is 7. The minimum Gasteiger partial charge on any atom is -0.615 e. The second-order valence-electron chi connectivity index (χ2n) is 8.56. The summed E-state index contributed by atoms with van der Waals surface area (Å²) in [5, 5.41) is 0.302. The highest BCUT2D eigenvalue weighted by atomic mass is 33.1. The van der Waals surface area contributed by atoms with E-state index in [2.05, 4.69) is 0 Å². The molecule has 0 aliphatic heterocycles. The Morgan fingerprint density at radius 2 is 1.04 bits per heavy atom. The molecule has 0 bridgehead atoms. The Morgan fingerprint density at radius 3 is 1.31 bits per heavy atom. The molecule has 0 aromatic heterocycles. The van der Waals surface area contributed by atoms with E-state index in [-0.39, 0.29) is 16.1 Å². The van der Waals surface area contributed by atoms with Gasteiger partial charge in [0.1, 0.15) is 14.2 Å². The lowest BCUT2D eigenvalue weighted by molar-refractivity contribution is 0.385. The van der Waals surface area contributed by atoms with Gasteiger partial charge in [0, 0.05) is 0 Å². The molecule has 0 saturated heterocycles. The van der Waals surface area contributed by atoms with Crippen LogP contribution in [0, 0.1) is 0 Å². The normalized spacial score (nSPS) is 19.7. The first-order chi connectivity index (χ1) is 11.4. The van der Waals surface area contributed by atoms with E-state index in [1.54, 1.807) is 0 Å². The van der Waals surface area contributed by atoms with Gasteiger partial charge in [0.25, 0.3) is 0 Å². The van der Waals surface area contributed by atoms with Crippen LogP contribution in [0.15, 0.2) is 0 Å². The van der Waals surface area contributed by atoms with Crippen LogP contribution in [0.5, 0.6) is 0 Å². The number of hydrogen-bond donors (Lipinski definition) is 0. The molecule has 3 atom stereocenters. The molecule has 158 valence electrons. The van der Waals surface area contributed by atoms with Gasteiger partial charge in [-0.1, -0.05) is 0 Å². The third kappa shape index (κ3) is 11.1. The summed E-state index contributed by atoms with van der Waals surface area (Å²) in [6.45, 7) is 16.6. The Morgan fingerprint density at radius 1 is 0.731 bits per heavy atom. The van der Waals surface area contributed by atoms with Gasteiger partial charge in [-0.3, -0.25) is 9.09 Å². The first-order valence-corrected chi connectivity index (χ1v) is 16.8. The van der Waals surface area contributed by atoms with Gasteiger partial charge in [-0.15, -0.1) is 0 Å². The van der Waals surface area contributed by atoms with Gasteiger partial charge in [0.05, 0.1) is 0 Å². The van der Waals surface area contributed by atoms with Gasteiger partial charge >= 0.3 is 5.77 Å². The zero-order valence-electron chi connectivity index (χ0n) is 17.2. The van der Waals surface area contributed by atoms with Crippen LogP contribution in [0.1, 0.15) is 62.3 Å². The first-order valence-electron chi connectivity index (χ1n) is 8.07. The van der Waals surface area contributed by atoms with Gasteiger partial charge in [-0.2, -0.15) is 0 Å². The highest BCUT2D eigenvalue weighted by Crippen LogP contribution is 2.70. The Bertz CT molecular complexity index is 406. The van der Waals surface area contributed by atoms with E-state index in [4.69, 9.17) is 4.52 Å². The fourth-order valence-corrected chi connectivity index (χ4v) is 15.6. The summed E-state index contributed by atoms with van der Waals surface area (Å²) in [6, 6.07) is 0. The molecule has 3 unspecified atom stereocenters. The van der Waals surface area contributed by atoms with Crippen LogP contribution >= 0.6 is 28.5 Å². The van der Waals surface area contributed by atoms with Crippen LogP contribution in [0.4, 0.5) is 0 Å². The highest BCUT2D eigenvalue weighted by Gasteiger charge is 2.38. The summed E-state index contributed by atoms with van der Waals surface area (Å²) < 4.78 is 54.2. The highest BCUT2D eigenvalue weighted by molar-refractivity contribution is 8.90. The maximum atomic E-state index is 13.2. The van der Waals surface area contributed by atoms with Crippen molar-refractivity contribution in [3.05, 3.63) is 0 Å². The Balaban J connectivity index is 5.04. The van der Waals surface area contributed by atoms with Gasteiger partial charge in [0.2, 0.25) is 5.94 Å². The maximum Gasteiger partial charge on any atom is 0.325 e. The van der Waals surface area contributed by atoms with Crippen LogP contribution in [0.3, 0.4) is 0 Å². The molecule has 0 heterocycles. The maximum absolute atomic E-state index is 13.2. The van der Waals surface area contributed by atoms with Crippen molar-refractivity contribution >= 4 is 62.1 Å². The van der Waals surface area contributed by atoms with E-state index in [0.717, 1.165) is 22.8 Å². The van der Waals surface area contributed by atoms with Crippen molar-refractivity contribution in [3.63, 3.8) is 0 Å². The molecule has 0 N–H and O–H groups in total. The van der Waals surface area contributed by atoms with Crippen LogP contribution in [-0.2, 0) is 42.6 Å². The van der Waals surface area contributed by atoms with Crippen molar-refractivity contribution in [2.24, 2.45) is 0 Å². The molecule has 0 rings (SSSR count). The van der Waals surface area contributed by atoms with Crippen LogP contribution in [0.2, 0.25) is 0 Å². The zero-order chi connectivity index (χ0) is 21.0. The smallest absolute Gasteiger partial charge is 0.325 e. The third-order valence-electron chi connectivity index (χ3n) is 3.00. The van der Waals surface area contributed by atoms with E-state index in [9.17, 15) is 18.2 Å². The van der Waals surface area contributed by atoms with Crippen molar-refractivity contribution in [3.8, 4) is 0 Å². The molecule has 0 aromatic carbocycles. The first kappa shape index (κ1) is 27.8. The van der Waals surface area contributed by atoms with E-state index in [1.165, 1.54) is 0 Å². The SMILES string of the molecule is CC(C)(C)[S+]([O-])COP(=O)(SC[S+]([O-])C(C)(C)C)SC[S+]([O-])C(C)(C)C. The lowest BCUT2D eigenvalue weighted by Crippen LogP contribution is -2.31. The van der Waals surface area contributed by atoms with Crippen molar-refractivity contribution in [2.45, 2.75) is 76.6 Å². The Labute approximate surface area is 176 Å². The largest absolute Gasteiger partial charge is 0.615 e. The summed E-state index contributed by atoms with van der Waals surface area (Å²) in [5.41, 5.74) is 0. The Kier molecular flexibility index (Phi) is 11.5. The topological polar surface area (TPSA) is 95.5 Å². The fraction of sp³-hybridized carbons (Fsp3) is 1.00. The lowest BCUT2D eigenvalue weighted by atomic mass is 10.3. The monoisotopic (exact) mass is 484 g/mol. The van der Waals surface area contributed by atoms with Crippen molar-refractivity contribution in [2.75, 3.05) is 16.1 Å². The molecule has 5 nitrogen and oxygen atoms in total. The van der Waals surface area contributed by atoms with Crippen LogP contribution in [0.25, 0.3) is 0 Å². The summed E-state index contributed by atoms with van der Waals surface area (Å²) in [4.78, 5) is 0. The standard InChI is InChI=1S/C15H33O5PS5/c1-13(2,3)24(17)10-20-21(16,22-11-25(18)14(4,5)6)23-12-26(19)15(7,8)9/h10-12H2,1-9H3. The second kappa shape index (κ2) is 10.7. The minimum atomic E-state index is -3.34. The van der Waals surface area contributed by atoms with E-state index in [1.807, 2.05) is 62.3 Å². The van der Waals surface area contributed by atoms with Gasteiger partial charge in [0.15, 0.2) is 10.2 Å². The molecule has 0 fully saturated rings. The van der Waals surface area contributed by atoms with E-state index < -0.39 is 53.5 Å². The van der Waals surface area contributed by atoms with Gasteiger partial charge in [-0.25, -0.2) is 0 Å². The molecule has 0 aliphatic rings. The zero-order valence-corrected chi connectivity index (χ0v) is 22.1. The average Bonchev–Trinajstić information content (AvgIpc) is 2.45. The summed E-state index contributed by atoms with van der Waals surface area (Å²) in [6.07, 6.45) is 0. The van der Waals surface area contributed by atoms with Crippen molar-refractivity contribution < 1.29 is 22.7 Å². The van der Waals surface area contributed by atoms with Crippen LogP contribution < -0.4 is 0 Å². The predicted molar refractivity (Wildman–Crippen MR) is 122 cm³/mol. The van der Waals surface area contributed by atoms with Crippen molar-refractivity contribution in [1.82, 2.24) is 0 Å².